The van der Waals surface area contributed by atoms with Crippen LogP contribution in [0.5, 0.6) is 0 Å². The first kappa shape index (κ1) is 32.1. The lowest BCUT2D eigenvalue weighted by atomic mass is 9.98. The first-order valence-electron chi connectivity index (χ1n) is 14.1. The fraction of sp³-hybridized carbons (Fsp3) is 0.364. The van der Waals surface area contributed by atoms with E-state index in [1.54, 1.807) is 91.0 Å². The summed E-state index contributed by atoms with van der Waals surface area (Å²) in [5, 5.41) is 11.0. The van der Waals surface area contributed by atoms with Gasteiger partial charge in [-0.25, -0.2) is 14.4 Å². The molecule has 10 heteroatoms. The molecule has 0 aliphatic carbocycles. The van der Waals surface area contributed by atoms with Crippen LogP contribution in [-0.4, -0.2) is 68.6 Å². The van der Waals surface area contributed by atoms with Crippen molar-refractivity contribution >= 4 is 26.2 Å². The lowest BCUT2D eigenvalue weighted by molar-refractivity contribution is -0.283. The third-order valence-corrected chi connectivity index (χ3v) is 12.3. The lowest BCUT2D eigenvalue weighted by Gasteiger charge is -2.44. The summed E-state index contributed by atoms with van der Waals surface area (Å²) in [5.41, 5.74) is 0.687. The molecule has 1 aliphatic rings. The molecule has 3 aromatic rings. The molecule has 43 heavy (non-hydrogen) atoms. The van der Waals surface area contributed by atoms with Gasteiger partial charge in [-0.1, -0.05) is 75.4 Å². The van der Waals surface area contributed by atoms with Crippen molar-refractivity contribution < 1.29 is 42.9 Å². The van der Waals surface area contributed by atoms with Crippen LogP contribution in [0.1, 0.15) is 51.8 Å². The SMILES string of the molecule is CC(C)(C)[Si](C)(C)OC[C@H]1O[C@H](O)[C@H](OC(=O)c2ccccc2)[C@@H](OC(=O)c2ccccc2)[C@@H]1OC(=O)c1ccccc1. The van der Waals surface area contributed by atoms with Crippen molar-refractivity contribution in [2.75, 3.05) is 6.61 Å². The highest BCUT2D eigenvalue weighted by Gasteiger charge is 2.53. The molecule has 0 saturated carbocycles. The molecule has 4 rings (SSSR count). The molecule has 9 nitrogen and oxygen atoms in total. The molecule has 0 unspecified atom stereocenters. The van der Waals surface area contributed by atoms with Crippen LogP contribution < -0.4 is 0 Å². The normalized spacial score (nSPS) is 22.3. The number of hydrogen-bond acceptors (Lipinski definition) is 9. The zero-order chi connectivity index (χ0) is 31.2. The summed E-state index contributed by atoms with van der Waals surface area (Å²) in [6.07, 6.45) is -7.05. The highest BCUT2D eigenvalue weighted by molar-refractivity contribution is 6.74. The first-order chi connectivity index (χ1) is 20.4. The molecular formula is C33H38O9Si. The van der Waals surface area contributed by atoms with E-state index in [1.807, 2.05) is 0 Å². The van der Waals surface area contributed by atoms with E-state index in [4.69, 9.17) is 23.4 Å². The number of aliphatic hydroxyl groups excluding tert-OH is 1. The predicted octanol–water partition coefficient (Wildman–Crippen LogP) is 5.40. The maximum Gasteiger partial charge on any atom is 0.338 e. The van der Waals surface area contributed by atoms with Crippen molar-refractivity contribution in [2.24, 2.45) is 0 Å². The van der Waals surface area contributed by atoms with E-state index in [-0.39, 0.29) is 28.3 Å². The second-order valence-corrected chi connectivity index (χ2v) is 16.7. The van der Waals surface area contributed by atoms with E-state index in [2.05, 4.69) is 33.9 Å². The molecule has 0 spiro atoms. The van der Waals surface area contributed by atoms with Crippen LogP contribution in [-0.2, 0) is 23.4 Å². The van der Waals surface area contributed by atoms with Crippen LogP contribution in [0.3, 0.4) is 0 Å². The Kier molecular flexibility index (Phi) is 10.2. The van der Waals surface area contributed by atoms with E-state index in [1.165, 1.54) is 0 Å². The van der Waals surface area contributed by atoms with Crippen molar-refractivity contribution in [1.29, 1.82) is 0 Å². The standard InChI is InChI=1S/C33H38O9Si/c1-33(2,3)43(4,5)38-21-25-26(40-29(34)22-15-9-6-10-16-22)27(41-30(35)23-17-11-7-12-18-23)28(32(37)39-25)42-31(36)24-19-13-8-14-20-24/h6-20,25-28,32,37H,21H2,1-5H3/t25-,26-,27+,28-,32+/m1/s1. The zero-order valence-corrected chi connectivity index (χ0v) is 26.0. The van der Waals surface area contributed by atoms with E-state index >= 15 is 0 Å². The van der Waals surface area contributed by atoms with Crippen molar-refractivity contribution in [3.8, 4) is 0 Å². The van der Waals surface area contributed by atoms with E-state index in [9.17, 15) is 19.5 Å². The number of ether oxygens (including phenoxy) is 4. The molecule has 228 valence electrons. The van der Waals surface area contributed by atoms with Gasteiger partial charge in [0.1, 0.15) is 6.10 Å². The highest BCUT2D eigenvalue weighted by Crippen LogP contribution is 2.38. The Morgan fingerprint density at radius 1 is 0.674 bits per heavy atom. The van der Waals surface area contributed by atoms with Crippen molar-refractivity contribution in [2.45, 2.75) is 69.6 Å². The van der Waals surface area contributed by atoms with Gasteiger partial charge in [-0.2, -0.15) is 0 Å². The van der Waals surface area contributed by atoms with E-state index in [0.717, 1.165) is 0 Å². The van der Waals surface area contributed by atoms with Crippen LogP contribution in [0.2, 0.25) is 18.1 Å². The van der Waals surface area contributed by atoms with Gasteiger partial charge in [0.15, 0.2) is 32.9 Å². The summed E-state index contributed by atoms with van der Waals surface area (Å²) in [6.45, 7) is 10.3. The predicted molar refractivity (Wildman–Crippen MR) is 161 cm³/mol. The van der Waals surface area contributed by atoms with Gasteiger partial charge >= 0.3 is 17.9 Å². The molecule has 0 aromatic heterocycles. The molecule has 1 heterocycles. The Bertz CT molecular complexity index is 1370. The third-order valence-electron chi connectivity index (χ3n) is 7.78. The summed E-state index contributed by atoms with van der Waals surface area (Å²) in [6, 6.07) is 24.7. The Morgan fingerprint density at radius 3 is 1.44 bits per heavy atom. The Balaban J connectivity index is 1.71. The number of carbonyl (C=O) groups excluding carboxylic acids is 3. The zero-order valence-electron chi connectivity index (χ0n) is 25.0. The monoisotopic (exact) mass is 606 g/mol. The largest absolute Gasteiger partial charge is 0.452 e. The van der Waals surface area contributed by atoms with Crippen LogP contribution in [0.25, 0.3) is 0 Å². The smallest absolute Gasteiger partial charge is 0.338 e. The van der Waals surface area contributed by atoms with Crippen molar-refractivity contribution in [3.05, 3.63) is 108 Å². The minimum absolute atomic E-state index is 0.0704. The van der Waals surface area contributed by atoms with Gasteiger partial charge in [0.2, 0.25) is 0 Å². The second kappa shape index (κ2) is 13.6. The molecule has 1 fully saturated rings. The first-order valence-corrected chi connectivity index (χ1v) is 17.0. The average Bonchev–Trinajstić information content (AvgIpc) is 2.99. The van der Waals surface area contributed by atoms with E-state index < -0.39 is 56.9 Å². The van der Waals surface area contributed by atoms with E-state index in [0.29, 0.717) is 0 Å². The van der Waals surface area contributed by atoms with Crippen molar-refractivity contribution in [3.63, 3.8) is 0 Å². The minimum atomic E-state index is -2.33. The Labute approximate surface area is 252 Å². The fourth-order valence-electron chi connectivity index (χ4n) is 4.24. The van der Waals surface area contributed by atoms with Crippen LogP contribution in [0.4, 0.5) is 0 Å². The minimum Gasteiger partial charge on any atom is -0.452 e. The number of aliphatic hydroxyl groups is 1. The molecule has 3 aromatic carbocycles. The second-order valence-electron chi connectivity index (χ2n) is 11.8. The van der Waals surface area contributed by atoms with Crippen molar-refractivity contribution in [1.82, 2.24) is 0 Å². The van der Waals surface area contributed by atoms with Crippen LogP contribution in [0.15, 0.2) is 91.0 Å². The molecule has 5 atom stereocenters. The summed E-state index contributed by atoms with van der Waals surface area (Å²) < 4.78 is 29.8. The van der Waals surface area contributed by atoms with Crippen LogP contribution >= 0.6 is 0 Å². The molecule has 0 amide bonds. The molecule has 1 N–H and O–H groups in total. The van der Waals surface area contributed by atoms with Crippen LogP contribution in [0, 0.1) is 0 Å². The van der Waals surface area contributed by atoms with Gasteiger partial charge in [-0.15, -0.1) is 0 Å². The van der Waals surface area contributed by atoms with Gasteiger partial charge in [0.25, 0.3) is 0 Å². The van der Waals surface area contributed by atoms with Gasteiger partial charge in [-0.05, 0) is 54.5 Å². The quantitative estimate of drug-likeness (QED) is 0.194. The summed E-state index contributed by atoms with van der Waals surface area (Å²) >= 11 is 0. The summed E-state index contributed by atoms with van der Waals surface area (Å²) in [7, 11) is -2.33. The number of rotatable bonds is 9. The summed E-state index contributed by atoms with van der Waals surface area (Å²) in [5.74, 6) is -2.25. The highest BCUT2D eigenvalue weighted by atomic mass is 28.4. The maximum absolute atomic E-state index is 13.3. The summed E-state index contributed by atoms with van der Waals surface area (Å²) in [4.78, 5) is 39.8. The molecule has 1 aliphatic heterocycles. The lowest BCUT2D eigenvalue weighted by Crippen LogP contribution is -2.63. The average molecular weight is 607 g/mol. The molecule has 1 saturated heterocycles. The third kappa shape index (κ3) is 7.97. The Hall–Kier alpha value is -3.83. The topological polar surface area (TPSA) is 118 Å². The number of benzene rings is 3. The molecule has 0 radical (unpaired) electrons. The maximum atomic E-state index is 13.3. The van der Waals surface area contributed by atoms with Gasteiger partial charge in [0.05, 0.1) is 23.3 Å². The van der Waals surface area contributed by atoms with Gasteiger partial charge < -0.3 is 28.5 Å². The van der Waals surface area contributed by atoms with Gasteiger partial charge in [-0.3, -0.25) is 0 Å². The fourth-order valence-corrected chi connectivity index (χ4v) is 5.25. The molecule has 0 bridgehead atoms. The number of hydrogen-bond donors (Lipinski definition) is 1. The Morgan fingerprint density at radius 2 is 1.05 bits per heavy atom. The molecular weight excluding hydrogens is 568 g/mol. The number of esters is 3. The van der Waals surface area contributed by atoms with Gasteiger partial charge in [0, 0.05) is 0 Å². The number of carbonyl (C=O) groups is 3.